The Morgan fingerprint density at radius 2 is 2.41 bits per heavy atom. The molecule has 1 aliphatic heterocycles. The van der Waals surface area contributed by atoms with Crippen LogP contribution in [0.1, 0.15) is 44.1 Å². The molecule has 1 aromatic heterocycles. The summed E-state index contributed by atoms with van der Waals surface area (Å²) >= 11 is 0. The van der Waals surface area contributed by atoms with Crippen LogP contribution < -0.4 is 5.32 Å². The fourth-order valence-electron chi connectivity index (χ4n) is 2.41. The molecular weight excluding hydrogens is 218 g/mol. The molecule has 2 heterocycles. The Hall–Kier alpha value is -1.36. The number of nitrogens with zero attached hydrogens (tertiary/aromatic N) is 2. The molecule has 0 aliphatic carbocycles. The second-order valence-corrected chi connectivity index (χ2v) is 4.49. The van der Waals surface area contributed by atoms with Crippen molar-refractivity contribution in [3.05, 3.63) is 17.7 Å². The number of rotatable bonds is 4. The summed E-state index contributed by atoms with van der Waals surface area (Å²) in [4.78, 5) is 15.6. The number of aliphatic carboxylic acids is 1. The molecule has 0 saturated heterocycles. The highest BCUT2D eigenvalue weighted by atomic mass is 16.4. The van der Waals surface area contributed by atoms with Crippen molar-refractivity contribution < 1.29 is 9.90 Å². The summed E-state index contributed by atoms with van der Waals surface area (Å²) < 4.78 is 2.09. The van der Waals surface area contributed by atoms with Crippen LogP contribution in [0.4, 0.5) is 0 Å². The third-order valence-electron chi connectivity index (χ3n) is 3.28. The molecule has 94 valence electrons. The maximum atomic E-state index is 11.1. The zero-order valence-electron chi connectivity index (χ0n) is 10.3. The van der Waals surface area contributed by atoms with Crippen molar-refractivity contribution in [3.8, 4) is 0 Å². The zero-order valence-corrected chi connectivity index (χ0v) is 10.3. The molecule has 0 saturated carbocycles. The molecule has 0 bridgehead atoms. The highest BCUT2D eigenvalue weighted by Gasteiger charge is 2.32. The molecule has 5 nitrogen and oxygen atoms in total. The van der Waals surface area contributed by atoms with Gasteiger partial charge in [-0.1, -0.05) is 13.8 Å². The van der Waals surface area contributed by atoms with Gasteiger partial charge in [0.25, 0.3) is 0 Å². The van der Waals surface area contributed by atoms with E-state index in [1.54, 1.807) is 0 Å². The van der Waals surface area contributed by atoms with Crippen LogP contribution in [-0.2, 0) is 17.8 Å². The summed E-state index contributed by atoms with van der Waals surface area (Å²) in [5, 5.41) is 12.3. The Morgan fingerprint density at radius 3 is 3.00 bits per heavy atom. The Morgan fingerprint density at radius 1 is 1.65 bits per heavy atom. The number of aromatic nitrogens is 2. The SMILES string of the molecule is CCCn1cnc2c1CC(C(=O)O)NC2CC. The van der Waals surface area contributed by atoms with E-state index >= 15 is 0 Å². The van der Waals surface area contributed by atoms with Gasteiger partial charge in [0.1, 0.15) is 6.04 Å². The number of aryl methyl sites for hydroxylation is 1. The summed E-state index contributed by atoms with van der Waals surface area (Å²) in [5.74, 6) is -0.779. The summed E-state index contributed by atoms with van der Waals surface area (Å²) in [6, 6.07) is -0.419. The smallest absolute Gasteiger partial charge is 0.321 e. The molecule has 17 heavy (non-hydrogen) atoms. The van der Waals surface area contributed by atoms with Gasteiger partial charge >= 0.3 is 5.97 Å². The van der Waals surface area contributed by atoms with E-state index in [-0.39, 0.29) is 6.04 Å². The van der Waals surface area contributed by atoms with Crippen LogP contribution >= 0.6 is 0 Å². The molecule has 0 spiro atoms. The lowest BCUT2D eigenvalue weighted by molar-refractivity contribution is -0.139. The molecular formula is C12H19N3O2. The Labute approximate surface area is 101 Å². The van der Waals surface area contributed by atoms with E-state index in [1.165, 1.54) is 0 Å². The van der Waals surface area contributed by atoms with Gasteiger partial charge in [-0.05, 0) is 12.8 Å². The predicted octanol–water partition coefficient (Wildman–Crippen LogP) is 1.34. The minimum atomic E-state index is -0.779. The average Bonchev–Trinajstić information content (AvgIpc) is 2.72. The second-order valence-electron chi connectivity index (χ2n) is 4.49. The molecule has 2 N–H and O–H groups in total. The van der Waals surface area contributed by atoms with E-state index in [0.29, 0.717) is 6.42 Å². The highest BCUT2D eigenvalue weighted by Crippen LogP contribution is 2.26. The number of hydrogen-bond donors (Lipinski definition) is 2. The lowest BCUT2D eigenvalue weighted by Crippen LogP contribution is -2.45. The number of nitrogens with one attached hydrogen (secondary N) is 1. The summed E-state index contributed by atoms with van der Waals surface area (Å²) in [6.45, 7) is 5.06. The standard InChI is InChI=1S/C12H19N3O2/c1-3-5-15-7-13-11-8(4-2)14-9(12(16)17)6-10(11)15/h7-9,14H,3-6H2,1-2H3,(H,16,17). The molecule has 0 radical (unpaired) electrons. The van der Waals surface area contributed by atoms with Gasteiger partial charge in [-0.15, -0.1) is 0 Å². The number of carbonyl (C=O) groups is 1. The van der Waals surface area contributed by atoms with E-state index < -0.39 is 12.0 Å². The highest BCUT2D eigenvalue weighted by molar-refractivity contribution is 5.74. The second kappa shape index (κ2) is 4.87. The number of hydrogen-bond acceptors (Lipinski definition) is 3. The lowest BCUT2D eigenvalue weighted by Gasteiger charge is -2.28. The first kappa shape index (κ1) is 12.1. The molecule has 1 aliphatic rings. The Bertz CT molecular complexity index is 414. The van der Waals surface area contributed by atoms with Crippen molar-refractivity contribution in [3.63, 3.8) is 0 Å². The summed E-state index contributed by atoms with van der Waals surface area (Å²) in [7, 11) is 0. The van der Waals surface area contributed by atoms with Crippen LogP contribution in [0.2, 0.25) is 0 Å². The van der Waals surface area contributed by atoms with Crippen molar-refractivity contribution >= 4 is 5.97 Å². The van der Waals surface area contributed by atoms with Gasteiger partial charge in [0.05, 0.1) is 18.1 Å². The molecule has 2 atom stereocenters. The van der Waals surface area contributed by atoms with Crippen molar-refractivity contribution in [1.29, 1.82) is 0 Å². The molecule has 5 heteroatoms. The normalized spacial score (nSPS) is 23.4. The average molecular weight is 237 g/mol. The number of imidazole rings is 1. The first-order valence-corrected chi connectivity index (χ1v) is 6.20. The molecule has 1 aromatic rings. The quantitative estimate of drug-likeness (QED) is 0.829. The fraction of sp³-hybridized carbons (Fsp3) is 0.667. The molecule has 0 fully saturated rings. The van der Waals surface area contributed by atoms with Crippen molar-refractivity contribution in [2.45, 2.75) is 51.7 Å². The molecule has 0 aromatic carbocycles. The first-order chi connectivity index (χ1) is 8.17. The van der Waals surface area contributed by atoms with E-state index in [9.17, 15) is 4.79 Å². The fourth-order valence-corrected chi connectivity index (χ4v) is 2.41. The van der Waals surface area contributed by atoms with Gasteiger partial charge in [-0.3, -0.25) is 10.1 Å². The predicted molar refractivity (Wildman–Crippen MR) is 63.8 cm³/mol. The van der Waals surface area contributed by atoms with Crippen molar-refractivity contribution in [2.24, 2.45) is 0 Å². The van der Waals surface area contributed by atoms with Gasteiger partial charge in [0.15, 0.2) is 0 Å². The van der Waals surface area contributed by atoms with Crippen LogP contribution in [0, 0.1) is 0 Å². The van der Waals surface area contributed by atoms with Gasteiger partial charge in [0, 0.05) is 18.7 Å². The van der Waals surface area contributed by atoms with E-state index in [2.05, 4.69) is 21.8 Å². The minimum Gasteiger partial charge on any atom is -0.480 e. The summed E-state index contributed by atoms with van der Waals surface area (Å²) in [5.41, 5.74) is 2.11. The number of fused-ring (bicyclic) bond motifs is 1. The maximum Gasteiger partial charge on any atom is 0.321 e. The van der Waals surface area contributed by atoms with Crippen LogP contribution in [0.25, 0.3) is 0 Å². The van der Waals surface area contributed by atoms with Gasteiger partial charge in [-0.2, -0.15) is 0 Å². The van der Waals surface area contributed by atoms with Gasteiger partial charge in [0.2, 0.25) is 0 Å². The third-order valence-corrected chi connectivity index (χ3v) is 3.28. The topological polar surface area (TPSA) is 67.2 Å². The number of carboxylic acid groups (broad SMARTS) is 1. The minimum absolute atomic E-state index is 0.0676. The largest absolute Gasteiger partial charge is 0.480 e. The van der Waals surface area contributed by atoms with E-state index in [0.717, 1.165) is 30.8 Å². The van der Waals surface area contributed by atoms with Crippen molar-refractivity contribution in [1.82, 2.24) is 14.9 Å². The van der Waals surface area contributed by atoms with E-state index in [1.807, 2.05) is 13.3 Å². The first-order valence-electron chi connectivity index (χ1n) is 6.20. The van der Waals surface area contributed by atoms with E-state index in [4.69, 9.17) is 5.11 Å². The lowest BCUT2D eigenvalue weighted by atomic mass is 9.97. The van der Waals surface area contributed by atoms with Crippen LogP contribution in [-0.4, -0.2) is 26.7 Å². The van der Waals surface area contributed by atoms with Crippen molar-refractivity contribution in [2.75, 3.05) is 0 Å². The maximum absolute atomic E-state index is 11.1. The van der Waals surface area contributed by atoms with Crippen LogP contribution in [0.3, 0.4) is 0 Å². The molecule has 2 rings (SSSR count). The summed E-state index contributed by atoms with van der Waals surface area (Å²) in [6.07, 6.45) is 4.26. The zero-order chi connectivity index (χ0) is 12.4. The van der Waals surface area contributed by atoms with Gasteiger partial charge in [-0.25, -0.2) is 4.98 Å². The third kappa shape index (κ3) is 2.20. The molecule has 0 amide bonds. The van der Waals surface area contributed by atoms with Gasteiger partial charge < -0.3 is 9.67 Å². The van der Waals surface area contributed by atoms with Crippen LogP contribution in [0.15, 0.2) is 6.33 Å². The Kier molecular flexibility index (Phi) is 3.47. The molecule has 2 unspecified atom stereocenters. The number of carboxylic acids is 1. The Balaban J connectivity index is 2.32. The monoisotopic (exact) mass is 237 g/mol. The van der Waals surface area contributed by atoms with Crippen LogP contribution in [0.5, 0.6) is 0 Å².